The summed E-state index contributed by atoms with van der Waals surface area (Å²) in [6, 6.07) is 7.73. The van der Waals surface area contributed by atoms with E-state index in [2.05, 4.69) is 10.1 Å². The zero-order valence-corrected chi connectivity index (χ0v) is 11.8. The predicted molar refractivity (Wildman–Crippen MR) is 75.3 cm³/mol. The topological polar surface area (TPSA) is 78.9 Å². The number of likely N-dealkylation sites (tertiary alicyclic amines) is 1. The smallest absolute Gasteiger partial charge is 0.407 e. The molecule has 2 heterocycles. The van der Waals surface area contributed by atoms with E-state index in [0.29, 0.717) is 12.1 Å². The molecule has 0 aromatic heterocycles. The number of esters is 1. The molecule has 1 aromatic carbocycles. The molecule has 0 radical (unpaired) electrons. The van der Waals surface area contributed by atoms with Crippen LogP contribution in [0.2, 0.25) is 0 Å². The standard InChI is InChI=1S/C15H18N2O4/c1-21-14(18)10-4-2-9(3-5-10)6-12-13-7-11(16-12)8-17(13)15(19)20/h2-5,11-13,16H,6-8H2,1H3,(H,19,20)/t11-,12?,13-/m0/s1. The van der Waals surface area contributed by atoms with E-state index < -0.39 is 6.09 Å². The fourth-order valence-corrected chi connectivity index (χ4v) is 3.35. The predicted octanol–water partition coefficient (Wildman–Crippen LogP) is 1.11. The summed E-state index contributed by atoms with van der Waals surface area (Å²) in [6.45, 7) is 0.581. The third-order valence-electron chi connectivity index (χ3n) is 4.33. The van der Waals surface area contributed by atoms with E-state index in [9.17, 15) is 14.7 Å². The van der Waals surface area contributed by atoms with Gasteiger partial charge < -0.3 is 20.1 Å². The monoisotopic (exact) mass is 290 g/mol. The number of nitrogens with zero attached hydrogens (tertiary/aromatic N) is 1. The number of carbonyl (C=O) groups excluding carboxylic acids is 1. The minimum Gasteiger partial charge on any atom is -0.465 e. The van der Waals surface area contributed by atoms with Crippen LogP contribution in [0.15, 0.2) is 24.3 Å². The van der Waals surface area contributed by atoms with Crippen LogP contribution in [0, 0.1) is 0 Å². The van der Waals surface area contributed by atoms with E-state index in [-0.39, 0.29) is 24.1 Å². The molecule has 3 atom stereocenters. The summed E-state index contributed by atoms with van der Waals surface area (Å²) in [6.07, 6.45) is 0.805. The highest BCUT2D eigenvalue weighted by Crippen LogP contribution is 2.29. The molecule has 0 saturated carbocycles. The van der Waals surface area contributed by atoms with Crippen LogP contribution >= 0.6 is 0 Å². The van der Waals surface area contributed by atoms with E-state index in [1.165, 1.54) is 12.0 Å². The number of rotatable bonds is 3. The first kappa shape index (κ1) is 13.9. The van der Waals surface area contributed by atoms with E-state index >= 15 is 0 Å². The minimum absolute atomic E-state index is 0.0489. The number of carbonyl (C=O) groups is 2. The lowest BCUT2D eigenvalue weighted by Gasteiger charge is -2.32. The summed E-state index contributed by atoms with van der Waals surface area (Å²) < 4.78 is 4.67. The highest BCUT2D eigenvalue weighted by atomic mass is 16.5. The number of ether oxygens (including phenoxy) is 1. The first-order valence-electron chi connectivity index (χ1n) is 7.01. The van der Waals surface area contributed by atoms with Crippen molar-refractivity contribution in [2.24, 2.45) is 0 Å². The van der Waals surface area contributed by atoms with Gasteiger partial charge in [-0.1, -0.05) is 12.1 Å². The van der Waals surface area contributed by atoms with E-state index in [4.69, 9.17) is 0 Å². The molecule has 2 aliphatic heterocycles. The summed E-state index contributed by atoms with van der Waals surface area (Å²) in [5, 5.41) is 12.7. The van der Waals surface area contributed by atoms with Crippen LogP contribution < -0.4 is 5.32 Å². The first-order valence-corrected chi connectivity index (χ1v) is 7.01. The van der Waals surface area contributed by atoms with Gasteiger partial charge in [0.15, 0.2) is 0 Å². The average molecular weight is 290 g/mol. The highest BCUT2D eigenvalue weighted by molar-refractivity contribution is 5.89. The van der Waals surface area contributed by atoms with Gasteiger partial charge in [0.25, 0.3) is 0 Å². The molecule has 6 heteroatoms. The number of amides is 1. The van der Waals surface area contributed by atoms with Gasteiger partial charge in [0.05, 0.1) is 18.7 Å². The van der Waals surface area contributed by atoms with Gasteiger partial charge in [-0.05, 0) is 30.5 Å². The third kappa shape index (κ3) is 2.58. The Bertz CT molecular complexity index is 557. The molecule has 3 rings (SSSR count). The molecule has 0 aliphatic carbocycles. The van der Waals surface area contributed by atoms with Crippen molar-refractivity contribution in [3.8, 4) is 0 Å². The maximum Gasteiger partial charge on any atom is 0.407 e. The molecule has 1 unspecified atom stereocenters. The van der Waals surface area contributed by atoms with Gasteiger partial charge in [0.1, 0.15) is 0 Å². The number of benzene rings is 1. The largest absolute Gasteiger partial charge is 0.465 e. The van der Waals surface area contributed by atoms with Crippen LogP contribution in [0.4, 0.5) is 4.79 Å². The van der Waals surface area contributed by atoms with Crippen molar-refractivity contribution in [3.05, 3.63) is 35.4 Å². The fraction of sp³-hybridized carbons (Fsp3) is 0.467. The summed E-state index contributed by atoms with van der Waals surface area (Å²) in [4.78, 5) is 24.1. The Morgan fingerprint density at radius 1 is 1.38 bits per heavy atom. The Morgan fingerprint density at radius 2 is 2.10 bits per heavy atom. The van der Waals surface area contributed by atoms with Crippen LogP contribution in [0.5, 0.6) is 0 Å². The van der Waals surface area contributed by atoms with Gasteiger partial charge in [0, 0.05) is 18.6 Å². The Kier molecular flexibility index (Phi) is 3.55. The summed E-state index contributed by atoms with van der Waals surface area (Å²) in [7, 11) is 1.36. The number of methoxy groups -OCH3 is 1. The van der Waals surface area contributed by atoms with E-state index in [1.807, 2.05) is 12.1 Å². The van der Waals surface area contributed by atoms with Gasteiger partial charge in [-0.25, -0.2) is 9.59 Å². The first-order chi connectivity index (χ1) is 10.1. The molecule has 1 amide bonds. The van der Waals surface area contributed by atoms with Crippen molar-refractivity contribution >= 4 is 12.1 Å². The van der Waals surface area contributed by atoms with Gasteiger partial charge in [-0.15, -0.1) is 0 Å². The number of hydrogen-bond acceptors (Lipinski definition) is 4. The van der Waals surface area contributed by atoms with Crippen LogP contribution in [-0.4, -0.2) is 53.8 Å². The number of piperazine rings is 1. The summed E-state index contributed by atoms with van der Waals surface area (Å²) >= 11 is 0. The maximum absolute atomic E-state index is 11.4. The SMILES string of the molecule is COC(=O)c1ccc(CC2N[C@H]3C[C@@H]2N(C(=O)O)C3)cc1. The van der Waals surface area contributed by atoms with Gasteiger partial charge in [0.2, 0.25) is 0 Å². The summed E-state index contributed by atoms with van der Waals surface area (Å²) in [5.41, 5.74) is 1.60. The van der Waals surface area contributed by atoms with Crippen molar-refractivity contribution in [1.82, 2.24) is 10.2 Å². The highest BCUT2D eigenvalue weighted by Gasteiger charge is 2.46. The van der Waals surface area contributed by atoms with Crippen LogP contribution in [0.3, 0.4) is 0 Å². The fourth-order valence-electron chi connectivity index (χ4n) is 3.35. The van der Waals surface area contributed by atoms with Gasteiger partial charge >= 0.3 is 12.1 Å². The van der Waals surface area contributed by atoms with Gasteiger partial charge in [-0.2, -0.15) is 0 Å². The molecule has 2 N–H and O–H groups in total. The quantitative estimate of drug-likeness (QED) is 0.815. The Morgan fingerprint density at radius 3 is 2.67 bits per heavy atom. The zero-order chi connectivity index (χ0) is 15.0. The van der Waals surface area contributed by atoms with E-state index in [1.54, 1.807) is 12.1 Å². The number of hydrogen-bond donors (Lipinski definition) is 2. The van der Waals surface area contributed by atoms with E-state index in [0.717, 1.165) is 18.4 Å². The lowest BCUT2D eigenvalue weighted by molar-refractivity contribution is 0.0600. The van der Waals surface area contributed by atoms with Crippen molar-refractivity contribution < 1.29 is 19.4 Å². The van der Waals surface area contributed by atoms with Gasteiger partial charge in [-0.3, -0.25) is 0 Å². The summed E-state index contributed by atoms with van der Waals surface area (Å²) in [5.74, 6) is -0.350. The minimum atomic E-state index is -0.838. The number of fused-ring (bicyclic) bond motifs is 2. The molecular formula is C15H18N2O4. The molecule has 6 nitrogen and oxygen atoms in total. The molecule has 2 fully saturated rings. The second-order valence-corrected chi connectivity index (χ2v) is 5.60. The van der Waals surface area contributed by atoms with Crippen molar-refractivity contribution in [2.75, 3.05) is 13.7 Å². The van der Waals surface area contributed by atoms with Crippen LogP contribution in [-0.2, 0) is 11.2 Å². The second-order valence-electron chi connectivity index (χ2n) is 5.60. The van der Waals surface area contributed by atoms with Crippen LogP contribution in [0.25, 0.3) is 0 Å². The second kappa shape index (κ2) is 5.37. The number of nitrogens with one attached hydrogen (secondary N) is 1. The molecule has 2 aliphatic rings. The lowest BCUT2D eigenvalue weighted by atomic mass is 9.99. The maximum atomic E-state index is 11.4. The molecule has 2 saturated heterocycles. The molecule has 0 spiro atoms. The molecule has 2 bridgehead atoms. The lowest BCUT2D eigenvalue weighted by Crippen LogP contribution is -2.53. The Hall–Kier alpha value is -2.08. The zero-order valence-electron chi connectivity index (χ0n) is 11.8. The average Bonchev–Trinajstić information content (AvgIpc) is 3.07. The molecule has 1 aromatic rings. The molecular weight excluding hydrogens is 272 g/mol. The van der Waals surface area contributed by atoms with Crippen LogP contribution in [0.1, 0.15) is 22.3 Å². The Labute approximate surface area is 122 Å². The van der Waals surface area contributed by atoms with Crippen molar-refractivity contribution in [2.45, 2.75) is 31.0 Å². The third-order valence-corrected chi connectivity index (χ3v) is 4.33. The normalized spacial score (nSPS) is 26.9. The molecule has 112 valence electrons. The van der Waals surface area contributed by atoms with Crippen molar-refractivity contribution in [3.63, 3.8) is 0 Å². The Balaban J connectivity index is 1.67. The molecule has 21 heavy (non-hydrogen) atoms. The van der Waals surface area contributed by atoms with Crippen molar-refractivity contribution in [1.29, 1.82) is 0 Å². The number of carboxylic acid groups (broad SMARTS) is 1.